The largest absolute Gasteiger partial charge is 0.497 e. The molecule has 2 aromatic heterocycles. The van der Waals surface area contributed by atoms with Crippen LogP contribution in [0.3, 0.4) is 0 Å². The van der Waals surface area contributed by atoms with Gasteiger partial charge in [-0.25, -0.2) is 4.68 Å². The Labute approximate surface area is 235 Å². The number of methoxy groups -OCH3 is 1. The Hall–Kier alpha value is -5.45. The van der Waals surface area contributed by atoms with Crippen LogP contribution in [0.1, 0.15) is 17.2 Å². The van der Waals surface area contributed by atoms with E-state index < -0.39 is 11.9 Å². The van der Waals surface area contributed by atoms with Crippen LogP contribution in [0.4, 0.5) is 5.69 Å². The van der Waals surface area contributed by atoms with Crippen LogP contribution in [-0.4, -0.2) is 50.6 Å². The first-order valence-corrected chi connectivity index (χ1v) is 12.9. The second-order valence-electron chi connectivity index (χ2n) is 9.36. The van der Waals surface area contributed by atoms with Gasteiger partial charge in [-0.3, -0.25) is 14.6 Å². The van der Waals surface area contributed by atoms with Gasteiger partial charge in [-0.05, 0) is 53.6 Å². The lowest BCUT2D eigenvalue weighted by Crippen LogP contribution is -2.42. The number of pyridine rings is 1. The number of nitrogens with zero attached hydrogens (tertiary/aromatic N) is 5. The maximum Gasteiger partial charge on any atom is 0.251 e. The molecule has 206 valence electrons. The zero-order valence-corrected chi connectivity index (χ0v) is 22.1. The first kappa shape index (κ1) is 25.8. The molecule has 1 aliphatic heterocycles. The Bertz CT molecular complexity index is 1710. The van der Waals surface area contributed by atoms with Crippen molar-refractivity contribution in [2.24, 2.45) is 0 Å². The first-order valence-electron chi connectivity index (χ1n) is 12.9. The van der Waals surface area contributed by atoms with Crippen molar-refractivity contribution < 1.29 is 23.8 Å². The Morgan fingerprint density at radius 1 is 1.02 bits per heavy atom. The predicted octanol–water partition coefficient (Wildman–Crippen LogP) is 3.97. The molecule has 1 N–H and O–H groups in total. The number of hydrogen-bond acceptors (Lipinski definition) is 8. The van der Waals surface area contributed by atoms with Crippen molar-refractivity contribution in [2.75, 3.05) is 19.2 Å². The molecule has 0 fully saturated rings. The molecule has 5 aromatic rings. The topological polar surface area (TPSA) is 121 Å². The normalized spacial score (nSPS) is 12.6. The van der Waals surface area contributed by atoms with Crippen LogP contribution in [0.5, 0.6) is 17.2 Å². The first-order chi connectivity index (χ1) is 20.1. The molecule has 6 rings (SSSR count). The zero-order chi connectivity index (χ0) is 28.2. The number of para-hydroxylation sites is 1. The molecule has 1 atom stereocenters. The summed E-state index contributed by atoms with van der Waals surface area (Å²) in [5, 5.41) is 11.3. The summed E-state index contributed by atoms with van der Waals surface area (Å²) in [6.45, 7) is 0.109. The average Bonchev–Trinajstić information content (AvgIpc) is 3.64. The van der Waals surface area contributed by atoms with Crippen LogP contribution < -0.4 is 19.5 Å². The standard InChI is InChI=1S/C30H26N6O5/c1-39-23-8-4-7-21(14-23)29(30(38)32-22-11-12-26-27(15-22)41-19-40-26)35(17-20-6-5-13-31-16-20)28(37)18-36-25-10-3-2-9-24(25)33-34-36/h2-16,29H,17-19H2,1H3,(H,32,38)/t29-/m0/s1. The van der Waals surface area contributed by atoms with E-state index in [9.17, 15) is 9.59 Å². The van der Waals surface area contributed by atoms with Gasteiger partial charge < -0.3 is 24.4 Å². The van der Waals surface area contributed by atoms with Crippen molar-refractivity contribution in [1.29, 1.82) is 0 Å². The van der Waals surface area contributed by atoms with Crippen LogP contribution in [-0.2, 0) is 22.7 Å². The highest BCUT2D eigenvalue weighted by molar-refractivity contribution is 5.98. The highest BCUT2D eigenvalue weighted by atomic mass is 16.7. The quantitative estimate of drug-likeness (QED) is 0.293. The lowest BCUT2D eigenvalue weighted by molar-refractivity contribution is -0.140. The highest BCUT2D eigenvalue weighted by Crippen LogP contribution is 2.35. The van der Waals surface area contributed by atoms with E-state index in [1.165, 1.54) is 9.58 Å². The predicted molar refractivity (Wildman–Crippen MR) is 149 cm³/mol. The van der Waals surface area contributed by atoms with Gasteiger partial charge in [0.25, 0.3) is 5.91 Å². The minimum Gasteiger partial charge on any atom is -0.497 e. The molecular formula is C30H26N6O5. The number of nitrogens with one attached hydrogen (secondary N) is 1. The molecule has 11 heteroatoms. The molecule has 0 bridgehead atoms. The summed E-state index contributed by atoms with van der Waals surface area (Å²) in [6.07, 6.45) is 3.33. The zero-order valence-electron chi connectivity index (χ0n) is 22.1. The smallest absolute Gasteiger partial charge is 0.251 e. The van der Waals surface area contributed by atoms with Gasteiger partial charge in [0.05, 0.1) is 12.6 Å². The van der Waals surface area contributed by atoms with Crippen molar-refractivity contribution in [3.8, 4) is 17.2 Å². The Kier molecular flexibility index (Phi) is 7.14. The number of rotatable bonds is 9. The Morgan fingerprint density at radius 3 is 2.76 bits per heavy atom. The third-order valence-electron chi connectivity index (χ3n) is 6.71. The Morgan fingerprint density at radius 2 is 1.90 bits per heavy atom. The van der Waals surface area contributed by atoms with Gasteiger partial charge >= 0.3 is 0 Å². The maximum absolute atomic E-state index is 14.1. The van der Waals surface area contributed by atoms with Crippen molar-refractivity contribution in [3.63, 3.8) is 0 Å². The fourth-order valence-electron chi connectivity index (χ4n) is 4.73. The molecule has 0 saturated heterocycles. The lowest BCUT2D eigenvalue weighted by atomic mass is 10.0. The summed E-state index contributed by atoms with van der Waals surface area (Å²) in [7, 11) is 1.55. The lowest BCUT2D eigenvalue weighted by Gasteiger charge is -2.31. The van der Waals surface area contributed by atoms with Crippen molar-refractivity contribution >= 4 is 28.5 Å². The molecule has 2 amide bonds. The number of fused-ring (bicyclic) bond motifs is 2. The fourth-order valence-corrected chi connectivity index (χ4v) is 4.73. The van der Waals surface area contributed by atoms with E-state index in [0.717, 1.165) is 5.56 Å². The second kappa shape index (κ2) is 11.3. The summed E-state index contributed by atoms with van der Waals surface area (Å²) < 4.78 is 17.9. The molecule has 41 heavy (non-hydrogen) atoms. The van der Waals surface area contributed by atoms with E-state index in [1.807, 2.05) is 30.3 Å². The SMILES string of the molecule is COc1cccc([C@@H](C(=O)Nc2ccc3c(c2)OCO3)N(Cc2cccnc2)C(=O)Cn2nnc3ccccc32)c1. The highest BCUT2D eigenvalue weighted by Gasteiger charge is 2.33. The Balaban J connectivity index is 1.39. The monoisotopic (exact) mass is 550 g/mol. The molecule has 1 aliphatic rings. The van der Waals surface area contributed by atoms with E-state index in [0.29, 0.717) is 39.5 Å². The molecule has 0 unspecified atom stereocenters. The van der Waals surface area contributed by atoms with E-state index in [4.69, 9.17) is 14.2 Å². The van der Waals surface area contributed by atoms with Crippen LogP contribution in [0.15, 0.2) is 91.3 Å². The molecule has 0 radical (unpaired) electrons. The second-order valence-corrected chi connectivity index (χ2v) is 9.36. The average molecular weight is 551 g/mol. The van der Waals surface area contributed by atoms with Crippen molar-refractivity contribution in [2.45, 2.75) is 19.1 Å². The summed E-state index contributed by atoms with van der Waals surface area (Å²) in [5.74, 6) is 0.929. The summed E-state index contributed by atoms with van der Waals surface area (Å²) in [5.41, 5.74) is 3.22. The van der Waals surface area contributed by atoms with E-state index in [1.54, 1.807) is 68.0 Å². The molecule has 0 spiro atoms. The third kappa shape index (κ3) is 5.50. The maximum atomic E-state index is 14.1. The number of ether oxygens (including phenoxy) is 3. The number of anilines is 1. The third-order valence-corrected chi connectivity index (χ3v) is 6.71. The molecule has 3 heterocycles. The summed E-state index contributed by atoms with van der Waals surface area (Å²) in [6, 6.07) is 22.3. The van der Waals surface area contributed by atoms with Gasteiger partial charge in [0.2, 0.25) is 12.7 Å². The van der Waals surface area contributed by atoms with Crippen LogP contribution in [0, 0.1) is 0 Å². The van der Waals surface area contributed by atoms with Crippen LogP contribution in [0.25, 0.3) is 11.0 Å². The van der Waals surface area contributed by atoms with Gasteiger partial charge in [-0.15, -0.1) is 5.10 Å². The van der Waals surface area contributed by atoms with E-state index in [2.05, 4.69) is 20.6 Å². The molecule has 0 aliphatic carbocycles. The van der Waals surface area contributed by atoms with Crippen molar-refractivity contribution in [1.82, 2.24) is 24.9 Å². The van der Waals surface area contributed by atoms with E-state index >= 15 is 0 Å². The molecular weight excluding hydrogens is 524 g/mol. The number of hydrogen-bond donors (Lipinski definition) is 1. The fraction of sp³-hybridized carbons (Fsp3) is 0.167. The molecule has 11 nitrogen and oxygen atoms in total. The summed E-state index contributed by atoms with van der Waals surface area (Å²) in [4.78, 5) is 33.9. The van der Waals surface area contributed by atoms with Gasteiger partial charge in [-0.2, -0.15) is 0 Å². The van der Waals surface area contributed by atoms with E-state index in [-0.39, 0.29) is 25.8 Å². The van der Waals surface area contributed by atoms with Crippen LogP contribution in [0.2, 0.25) is 0 Å². The number of carbonyl (C=O) groups is 2. The van der Waals surface area contributed by atoms with Gasteiger partial charge in [0.1, 0.15) is 23.9 Å². The number of benzene rings is 3. The van der Waals surface area contributed by atoms with Gasteiger partial charge in [0.15, 0.2) is 11.5 Å². The molecule has 3 aromatic carbocycles. The minimum atomic E-state index is -1.03. The molecule has 0 saturated carbocycles. The number of aromatic nitrogens is 4. The van der Waals surface area contributed by atoms with Gasteiger partial charge in [-0.1, -0.05) is 35.5 Å². The minimum absolute atomic E-state index is 0.115. The van der Waals surface area contributed by atoms with Gasteiger partial charge in [0, 0.05) is 30.7 Å². The van der Waals surface area contributed by atoms with Crippen LogP contribution >= 0.6 is 0 Å². The van der Waals surface area contributed by atoms with Crippen molar-refractivity contribution in [3.05, 3.63) is 102 Å². The number of amides is 2. The number of carbonyl (C=O) groups excluding carboxylic acids is 2. The summed E-state index contributed by atoms with van der Waals surface area (Å²) >= 11 is 0.